The topological polar surface area (TPSA) is 41.1 Å². The van der Waals surface area contributed by atoms with Crippen molar-refractivity contribution < 1.29 is 4.79 Å². The molecule has 80 valence electrons. The fraction of sp³-hybridized carbons (Fsp3) is 0.417. The predicted octanol–water partition coefficient (Wildman–Crippen LogP) is 1.77. The molecule has 0 aromatic heterocycles. The van der Waals surface area contributed by atoms with Gasteiger partial charge in [-0.2, -0.15) is 0 Å². The van der Waals surface area contributed by atoms with E-state index in [-0.39, 0.29) is 5.91 Å². The van der Waals surface area contributed by atoms with Crippen LogP contribution in [0, 0.1) is 0 Å². The third-order valence-electron chi connectivity index (χ3n) is 2.70. The number of carbonyl (C=O) groups is 1. The zero-order valence-corrected chi connectivity index (χ0v) is 8.70. The zero-order valence-electron chi connectivity index (χ0n) is 8.70. The first-order valence-corrected chi connectivity index (χ1v) is 5.43. The van der Waals surface area contributed by atoms with Gasteiger partial charge in [0.25, 0.3) is 0 Å². The van der Waals surface area contributed by atoms with Crippen LogP contribution in [0.25, 0.3) is 0 Å². The summed E-state index contributed by atoms with van der Waals surface area (Å²) in [4.78, 5) is 11.4. The molecule has 1 aromatic carbocycles. The van der Waals surface area contributed by atoms with Gasteiger partial charge in [-0.05, 0) is 31.4 Å². The lowest BCUT2D eigenvalue weighted by molar-refractivity contribution is -0.120. The van der Waals surface area contributed by atoms with Crippen molar-refractivity contribution in [3.8, 4) is 0 Å². The van der Waals surface area contributed by atoms with Gasteiger partial charge < -0.3 is 10.6 Å². The Kier molecular flexibility index (Phi) is 3.22. The summed E-state index contributed by atoms with van der Waals surface area (Å²) in [5, 5.41) is 6.07. The molecule has 0 unspecified atom stereocenters. The number of rotatable bonds is 4. The van der Waals surface area contributed by atoms with Gasteiger partial charge in [0.05, 0.1) is 6.54 Å². The minimum absolute atomic E-state index is 0.0866. The average molecular weight is 204 g/mol. The van der Waals surface area contributed by atoms with Crippen LogP contribution in [0.15, 0.2) is 30.3 Å². The highest BCUT2D eigenvalue weighted by Gasteiger charge is 2.18. The van der Waals surface area contributed by atoms with E-state index in [0.717, 1.165) is 18.5 Å². The Hall–Kier alpha value is -1.51. The fourth-order valence-electron chi connectivity index (χ4n) is 1.57. The van der Waals surface area contributed by atoms with E-state index in [1.54, 1.807) is 0 Å². The van der Waals surface area contributed by atoms with E-state index in [1.807, 2.05) is 30.3 Å². The normalized spacial score (nSPS) is 15.5. The van der Waals surface area contributed by atoms with E-state index in [2.05, 4.69) is 10.6 Å². The Labute approximate surface area is 89.9 Å². The molecule has 3 nitrogen and oxygen atoms in total. The smallest absolute Gasteiger partial charge is 0.239 e. The highest BCUT2D eigenvalue weighted by Crippen LogP contribution is 2.17. The minimum atomic E-state index is 0.0866. The number of nitrogens with one attached hydrogen (secondary N) is 2. The molecule has 1 aliphatic carbocycles. The maximum Gasteiger partial charge on any atom is 0.239 e. The van der Waals surface area contributed by atoms with Gasteiger partial charge in [0.2, 0.25) is 5.91 Å². The third-order valence-corrected chi connectivity index (χ3v) is 2.70. The van der Waals surface area contributed by atoms with Gasteiger partial charge in [-0.3, -0.25) is 4.79 Å². The molecule has 1 fully saturated rings. The Morgan fingerprint density at radius 2 is 2.00 bits per heavy atom. The molecule has 0 atom stereocenters. The van der Waals surface area contributed by atoms with E-state index >= 15 is 0 Å². The molecule has 2 rings (SSSR count). The van der Waals surface area contributed by atoms with E-state index in [1.165, 1.54) is 6.42 Å². The summed E-state index contributed by atoms with van der Waals surface area (Å²) in [6.07, 6.45) is 3.52. The standard InChI is InChI=1S/C12H16N2O/c15-12(14-11-7-4-8-11)9-13-10-5-2-1-3-6-10/h1-3,5-6,11,13H,4,7-9H2,(H,14,15). The molecule has 0 spiro atoms. The summed E-state index contributed by atoms with van der Waals surface area (Å²) >= 11 is 0. The number of anilines is 1. The second-order valence-electron chi connectivity index (χ2n) is 3.91. The lowest BCUT2D eigenvalue weighted by Gasteiger charge is -2.26. The first-order chi connectivity index (χ1) is 7.34. The molecule has 0 aliphatic heterocycles. The summed E-state index contributed by atoms with van der Waals surface area (Å²) in [6.45, 7) is 0.362. The van der Waals surface area contributed by atoms with Crippen molar-refractivity contribution in [2.45, 2.75) is 25.3 Å². The maximum absolute atomic E-state index is 11.4. The first kappa shape index (κ1) is 10.0. The Balaban J connectivity index is 1.71. The average Bonchev–Trinajstić information content (AvgIpc) is 2.22. The fourth-order valence-corrected chi connectivity index (χ4v) is 1.57. The molecule has 1 aliphatic rings. The van der Waals surface area contributed by atoms with Crippen molar-refractivity contribution in [3.05, 3.63) is 30.3 Å². The second kappa shape index (κ2) is 4.82. The Morgan fingerprint density at radius 3 is 2.60 bits per heavy atom. The van der Waals surface area contributed by atoms with Gasteiger partial charge in [0, 0.05) is 11.7 Å². The van der Waals surface area contributed by atoms with Gasteiger partial charge in [0.15, 0.2) is 0 Å². The third kappa shape index (κ3) is 2.98. The summed E-state index contributed by atoms with van der Waals surface area (Å²) in [6, 6.07) is 10.2. The molecular weight excluding hydrogens is 188 g/mol. The molecular formula is C12H16N2O. The van der Waals surface area contributed by atoms with Crippen LogP contribution < -0.4 is 10.6 Å². The molecule has 0 radical (unpaired) electrons. The van der Waals surface area contributed by atoms with Gasteiger partial charge in [-0.15, -0.1) is 0 Å². The van der Waals surface area contributed by atoms with Crippen LogP contribution in [-0.4, -0.2) is 18.5 Å². The maximum atomic E-state index is 11.4. The summed E-state index contributed by atoms with van der Waals surface area (Å²) < 4.78 is 0. The number of hydrogen-bond donors (Lipinski definition) is 2. The summed E-state index contributed by atoms with van der Waals surface area (Å²) in [7, 11) is 0. The highest BCUT2D eigenvalue weighted by molar-refractivity contribution is 5.81. The SMILES string of the molecule is O=C(CNc1ccccc1)NC1CCC1. The summed E-state index contributed by atoms with van der Waals surface area (Å²) in [5.74, 6) is 0.0866. The quantitative estimate of drug-likeness (QED) is 0.784. The van der Waals surface area contributed by atoms with E-state index < -0.39 is 0 Å². The number of para-hydroxylation sites is 1. The van der Waals surface area contributed by atoms with Gasteiger partial charge >= 0.3 is 0 Å². The van der Waals surface area contributed by atoms with Crippen LogP contribution in [0.4, 0.5) is 5.69 Å². The molecule has 0 saturated heterocycles. The van der Waals surface area contributed by atoms with Crippen molar-refractivity contribution in [2.75, 3.05) is 11.9 Å². The Morgan fingerprint density at radius 1 is 1.27 bits per heavy atom. The molecule has 0 heterocycles. The number of amides is 1. The van der Waals surface area contributed by atoms with Crippen LogP contribution >= 0.6 is 0 Å². The van der Waals surface area contributed by atoms with E-state index in [4.69, 9.17) is 0 Å². The first-order valence-electron chi connectivity index (χ1n) is 5.43. The molecule has 1 aromatic rings. The molecule has 1 amide bonds. The highest BCUT2D eigenvalue weighted by atomic mass is 16.1. The van der Waals surface area contributed by atoms with Crippen molar-refractivity contribution in [1.82, 2.24) is 5.32 Å². The van der Waals surface area contributed by atoms with Crippen molar-refractivity contribution in [2.24, 2.45) is 0 Å². The number of benzene rings is 1. The molecule has 15 heavy (non-hydrogen) atoms. The lowest BCUT2D eigenvalue weighted by Crippen LogP contribution is -2.42. The van der Waals surface area contributed by atoms with Crippen LogP contribution in [0.3, 0.4) is 0 Å². The monoisotopic (exact) mass is 204 g/mol. The van der Waals surface area contributed by atoms with Crippen LogP contribution in [0.2, 0.25) is 0 Å². The van der Waals surface area contributed by atoms with Gasteiger partial charge in [-0.1, -0.05) is 18.2 Å². The van der Waals surface area contributed by atoms with Crippen LogP contribution in [-0.2, 0) is 4.79 Å². The predicted molar refractivity (Wildman–Crippen MR) is 60.7 cm³/mol. The van der Waals surface area contributed by atoms with Crippen molar-refractivity contribution in [1.29, 1.82) is 0 Å². The van der Waals surface area contributed by atoms with Crippen molar-refractivity contribution >= 4 is 11.6 Å². The number of hydrogen-bond acceptors (Lipinski definition) is 2. The van der Waals surface area contributed by atoms with Crippen LogP contribution in [0.1, 0.15) is 19.3 Å². The Bertz CT molecular complexity index is 320. The largest absolute Gasteiger partial charge is 0.376 e. The van der Waals surface area contributed by atoms with Crippen molar-refractivity contribution in [3.63, 3.8) is 0 Å². The van der Waals surface area contributed by atoms with Gasteiger partial charge in [-0.25, -0.2) is 0 Å². The molecule has 3 heteroatoms. The van der Waals surface area contributed by atoms with E-state index in [0.29, 0.717) is 12.6 Å². The number of carbonyl (C=O) groups excluding carboxylic acids is 1. The van der Waals surface area contributed by atoms with Gasteiger partial charge in [0.1, 0.15) is 0 Å². The lowest BCUT2D eigenvalue weighted by atomic mass is 9.93. The summed E-state index contributed by atoms with van der Waals surface area (Å²) in [5.41, 5.74) is 0.987. The zero-order chi connectivity index (χ0) is 10.5. The molecule has 2 N–H and O–H groups in total. The van der Waals surface area contributed by atoms with E-state index in [9.17, 15) is 4.79 Å². The second-order valence-corrected chi connectivity index (χ2v) is 3.91. The molecule has 0 bridgehead atoms. The minimum Gasteiger partial charge on any atom is -0.376 e. The molecule has 1 saturated carbocycles. The van der Waals surface area contributed by atoms with Crippen LogP contribution in [0.5, 0.6) is 0 Å².